The molecule has 3 aromatic rings. The lowest BCUT2D eigenvalue weighted by Gasteiger charge is -2.45. The molecular weight excluding hydrogens is 422 g/mol. The minimum Gasteiger partial charge on any atom is -0.387 e. The van der Waals surface area contributed by atoms with E-state index in [4.69, 9.17) is 0 Å². The summed E-state index contributed by atoms with van der Waals surface area (Å²) in [7, 11) is 0. The molecule has 0 spiro atoms. The molecule has 1 aliphatic rings. The second kappa shape index (κ2) is 10.5. The molecule has 4 atom stereocenters. The number of fused-ring (bicyclic) bond motifs is 1. The third kappa shape index (κ3) is 4.91. The van der Waals surface area contributed by atoms with Gasteiger partial charge in [-0.3, -0.25) is 14.7 Å². The molecule has 1 saturated heterocycles. The molecule has 1 amide bonds. The number of carbonyl (C=O) groups is 1. The van der Waals surface area contributed by atoms with Gasteiger partial charge in [0.1, 0.15) is 0 Å². The van der Waals surface area contributed by atoms with Gasteiger partial charge in [0.05, 0.1) is 18.2 Å². The molecule has 1 aliphatic heterocycles. The number of aryl methyl sites for hydroxylation is 2. The number of aliphatic hydroxyl groups is 1. The maximum Gasteiger partial charge on any atom is 0.238 e. The van der Waals surface area contributed by atoms with Crippen LogP contribution in [0.2, 0.25) is 0 Å². The molecular formula is C29H35N3O2. The Morgan fingerprint density at radius 2 is 1.94 bits per heavy atom. The van der Waals surface area contributed by atoms with Gasteiger partial charge in [0.25, 0.3) is 0 Å². The molecule has 2 heterocycles. The van der Waals surface area contributed by atoms with Gasteiger partial charge < -0.3 is 10.4 Å². The maximum absolute atomic E-state index is 13.2. The van der Waals surface area contributed by atoms with Crippen LogP contribution in [0.4, 0.5) is 5.69 Å². The second-order valence-electron chi connectivity index (χ2n) is 9.48. The molecule has 0 bridgehead atoms. The Morgan fingerprint density at radius 1 is 1.21 bits per heavy atom. The lowest BCUT2D eigenvalue weighted by molar-refractivity contribution is -0.120. The smallest absolute Gasteiger partial charge is 0.238 e. The number of carbonyl (C=O) groups excluding carboxylic acids is 1. The number of likely N-dealkylation sites (tertiary alicyclic amines) is 1. The minimum atomic E-state index is -0.722. The van der Waals surface area contributed by atoms with Gasteiger partial charge in [-0.2, -0.15) is 0 Å². The highest BCUT2D eigenvalue weighted by Gasteiger charge is 2.38. The van der Waals surface area contributed by atoms with Crippen LogP contribution in [-0.2, 0) is 4.79 Å². The number of hydrogen-bond donors (Lipinski definition) is 2. The summed E-state index contributed by atoms with van der Waals surface area (Å²) in [5, 5.41) is 15.7. The normalized spacial score (nSPS) is 21.8. The van der Waals surface area contributed by atoms with E-state index in [0.29, 0.717) is 12.5 Å². The molecule has 5 nitrogen and oxygen atoms in total. The zero-order chi connectivity index (χ0) is 24.2. The average molecular weight is 458 g/mol. The van der Waals surface area contributed by atoms with Gasteiger partial charge in [-0.25, -0.2) is 0 Å². The number of piperidine rings is 1. The molecule has 34 heavy (non-hydrogen) atoms. The van der Waals surface area contributed by atoms with Crippen LogP contribution in [0.25, 0.3) is 10.9 Å². The molecule has 1 aromatic heterocycles. The third-order valence-electron chi connectivity index (χ3n) is 7.35. The first kappa shape index (κ1) is 24.1. The highest BCUT2D eigenvalue weighted by molar-refractivity contribution is 5.93. The lowest BCUT2D eigenvalue weighted by atomic mass is 9.77. The van der Waals surface area contributed by atoms with E-state index in [1.807, 2.05) is 68.5 Å². The van der Waals surface area contributed by atoms with Gasteiger partial charge in [-0.1, -0.05) is 55.8 Å². The molecule has 2 N–H and O–H groups in total. The summed E-state index contributed by atoms with van der Waals surface area (Å²) in [5.74, 6) is 0.644. The quantitative estimate of drug-likeness (QED) is 0.465. The molecule has 0 radical (unpaired) electrons. The first-order chi connectivity index (χ1) is 16.4. The summed E-state index contributed by atoms with van der Waals surface area (Å²) in [6, 6.07) is 15.6. The van der Waals surface area contributed by atoms with E-state index in [1.54, 1.807) is 6.20 Å². The number of aliphatic hydroxyl groups excluding tert-OH is 1. The Hall–Kier alpha value is -3.02. The van der Waals surface area contributed by atoms with Crippen LogP contribution in [0.15, 0.2) is 67.4 Å². The molecule has 0 saturated carbocycles. The van der Waals surface area contributed by atoms with Crippen molar-refractivity contribution in [3.05, 3.63) is 84.1 Å². The predicted octanol–water partition coefficient (Wildman–Crippen LogP) is 5.43. The summed E-state index contributed by atoms with van der Waals surface area (Å²) in [6.07, 6.45) is 4.86. The zero-order valence-electron chi connectivity index (χ0n) is 20.4. The van der Waals surface area contributed by atoms with Gasteiger partial charge in [0.2, 0.25) is 5.91 Å². The Bertz CT molecular complexity index is 1150. The zero-order valence-corrected chi connectivity index (χ0v) is 20.4. The van der Waals surface area contributed by atoms with Crippen LogP contribution < -0.4 is 5.32 Å². The van der Waals surface area contributed by atoms with E-state index in [-0.39, 0.29) is 24.4 Å². The van der Waals surface area contributed by atoms with Crippen LogP contribution >= 0.6 is 0 Å². The largest absolute Gasteiger partial charge is 0.387 e. The van der Waals surface area contributed by atoms with Gasteiger partial charge in [0.15, 0.2) is 0 Å². The fourth-order valence-corrected chi connectivity index (χ4v) is 5.39. The van der Waals surface area contributed by atoms with Crippen molar-refractivity contribution in [1.29, 1.82) is 0 Å². The SMILES string of the molecule is C=CC1CN(CC(=O)Nc2c(C)cccc2C)C(C(O)c2ccnc3ccccc23)CC1CC. The van der Waals surface area contributed by atoms with Gasteiger partial charge in [-0.15, -0.1) is 6.58 Å². The number of rotatable bonds is 7. The monoisotopic (exact) mass is 457 g/mol. The summed E-state index contributed by atoms with van der Waals surface area (Å²) in [6.45, 7) is 11.2. The first-order valence-corrected chi connectivity index (χ1v) is 12.2. The minimum absolute atomic E-state index is 0.0630. The fraction of sp³-hybridized carbons (Fsp3) is 0.379. The van der Waals surface area contributed by atoms with E-state index in [0.717, 1.165) is 46.1 Å². The Balaban J connectivity index is 1.62. The Kier molecular flexibility index (Phi) is 7.44. The van der Waals surface area contributed by atoms with Gasteiger partial charge >= 0.3 is 0 Å². The van der Waals surface area contributed by atoms with E-state index in [2.05, 4.69) is 28.7 Å². The number of benzene rings is 2. The topological polar surface area (TPSA) is 65.5 Å². The molecule has 0 aliphatic carbocycles. The van der Waals surface area contributed by atoms with Crippen molar-refractivity contribution < 1.29 is 9.90 Å². The first-order valence-electron chi connectivity index (χ1n) is 12.2. The number of amides is 1. The summed E-state index contributed by atoms with van der Waals surface area (Å²) in [4.78, 5) is 19.8. The number of nitrogens with zero attached hydrogens (tertiary/aromatic N) is 2. The Morgan fingerprint density at radius 3 is 2.65 bits per heavy atom. The average Bonchev–Trinajstić information content (AvgIpc) is 2.85. The second-order valence-corrected chi connectivity index (χ2v) is 9.48. The number of para-hydroxylation sites is 2. The standard InChI is InChI=1S/C29H35N3O2/c1-5-21-16-26(29(34)24-14-15-30-25-13-8-7-12-23(24)25)32(17-22(21)6-2)18-27(33)31-28-19(3)10-9-11-20(28)4/h6-15,21-22,26,29,34H,2,5,16-18H2,1,3-4H3,(H,31,33). The van der Waals surface area contributed by atoms with Crippen LogP contribution in [0.5, 0.6) is 0 Å². The van der Waals surface area contributed by atoms with Crippen molar-refractivity contribution in [1.82, 2.24) is 9.88 Å². The number of aromatic nitrogens is 1. The van der Waals surface area contributed by atoms with E-state index >= 15 is 0 Å². The van der Waals surface area contributed by atoms with E-state index < -0.39 is 6.10 Å². The van der Waals surface area contributed by atoms with Crippen molar-refractivity contribution in [2.45, 2.75) is 45.8 Å². The third-order valence-corrected chi connectivity index (χ3v) is 7.35. The van der Waals surface area contributed by atoms with Crippen molar-refractivity contribution >= 4 is 22.5 Å². The summed E-state index contributed by atoms with van der Waals surface area (Å²) < 4.78 is 0. The Labute approximate surface area is 202 Å². The van der Waals surface area contributed by atoms with Crippen LogP contribution in [-0.4, -0.2) is 40.0 Å². The molecule has 4 rings (SSSR count). The molecule has 178 valence electrons. The van der Waals surface area contributed by atoms with Crippen molar-refractivity contribution in [3.63, 3.8) is 0 Å². The fourth-order valence-electron chi connectivity index (χ4n) is 5.39. The van der Waals surface area contributed by atoms with E-state index in [1.165, 1.54) is 0 Å². The summed E-state index contributed by atoms with van der Waals surface area (Å²) >= 11 is 0. The highest BCUT2D eigenvalue weighted by atomic mass is 16.3. The van der Waals surface area contributed by atoms with Crippen LogP contribution in [0.1, 0.15) is 42.6 Å². The molecule has 2 aromatic carbocycles. The van der Waals surface area contributed by atoms with Gasteiger partial charge in [-0.05, 0) is 60.9 Å². The number of hydrogen-bond acceptors (Lipinski definition) is 4. The molecule has 4 unspecified atom stereocenters. The highest BCUT2D eigenvalue weighted by Crippen LogP contribution is 2.38. The number of nitrogens with one attached hydrogen (secondary N) is 1. The van der Waals surface area contributed by atoms with Crippen molar-refractivity contribution in [2.24, 2.45) is 11.8 Å². The summed E-state index contributed by atoms with van der Waals surface area (Å²) in [5.41, 5.74) is 4.69. The van der Waals surface area contributed by atoms with E-state index in [9.17, 15) is 9.90 Å². The molecule has 5 heteroatoms. The van der Waals surface area contributed by atoms with Crippen LogP contribution in [0, 0.1) is 25.7 Å². The van der Waals surface area contributed by atoms with Crippen LogP contribution in [0.3, 0.4) is 0 Å². The maximum atomic E-state index is 13.2. The molecule has 1 fully saturated rings. The van der Waals surface area contributed by atoms with Gasteiger partial charge in [0, 0.05) is 29.9 Å². The van der Waals surface area contributed by atoms with Crippen molar-refractivity contribution in [2.75, 3.05) is 18.4 Å². The number of pyridine rings is 1. The lowest BCUT2D eigenvalue weighted by Crippen LogP contribution is -2.52. The number of anilines is 1. The predicted molar refractivity (Wildman–Crippen MR) is 139 cm³/mol. The van der Waals surface area contributed by atoms with Crippen molar-refractivity contribution in [3.8, 4) is 0 Å².